The van der Waals surface area contributed by atoms with Gasteiger partial charge in [0, 0.05) is 38.0 Å². The maximum absolute atomic E-state index is 13.2. The van der Waals surface area contributed by atoms with Gasteiger partial charge in [0.25, 0.3) is 11.8 Å². The number of rotatable bonds is 5. The van der Waals surface area contributed by atoms with Crippen molar-refractivity contribution in [2.24, 2.45) is 4.99 Å². The number of imidazole rings is 1. The summed E-state index contributed by atoms with van der Waals surface area (Å²) >= 11 is 0. The fraction of sp³-hybridized carbons (Fsp3) is 0.375. The second kappa shape index (κ2) is 9.77. The molecule has 0 spiro atoms. The van der Waals surface area contributed by atoms with Crippen LogP contribution in [0.4, 0.5) is 11.5 Å². The van der Waals surface area contributed by atoms with E-state index in [1.165, 1.54) is 28.3 Å². The van der Waals surface area contributed by atoms with E-state index in [0.717, 1.165) is 0 Å². The van der Waals surface area contributed by atoms with Gasteiger partial charge in [-0.25, -0.2) is 19.9 Å². The molecule has 1 aromatic carbocycles. The Balaban J connectivity index is 1.05. The van der Waals surface area contributed by atoms with E-state index in [0.29, 0.717) is 54.2 Å². The second-order valence-corrected chi connectivity index (χ2v) is 9.49. The number of aliphatic hydroxyl groups excluding tert-OH is 2. The Morgan fingerprint density at radius 2 is 1.90 bits per heavy atom. The van der Waals surface area contributed by atoms with Crippen molar-refractivity contribution in [1.29, 1.82) is 0 Å². The highest BCUT2D eigenvalue weighted by Crippen LogP contribution is 2.33. The SMILES string of the molecule is Nc1ncnc2c1ncn2[C@@H]1O[C@H](C(=O)N2CCN(CC(=O)Nc3cccc4c3C=NC4=O)CC2)[C@@H](O)[C@H]1O. The molecule has 4 atom stereocenters. The molecular formula is C24H25N9O6. The Kier molecular flexibility index (Phi) is 6.26. The molecule has 2 saturated heterocycles. The van der Waals surface area contributed by atoms with Crippen LogP contribution in [0.1, 0.15) is 22.1 Å². The van der Waals surface area contributed by atoms with Gasteiger partial charge in [-0.1, -0.05) is 6.07 Å². The molecule has 3 amide bonds. The molecule has 5 heterocycles. The van der Waals surface area contributed by atoms with Gasteiger partial charge in [0.15, 0.2) is 23.8 Å². The number of fused-ring (bicyclic) bond motifs is 2. The molecule has 0 radical (unpaired) electrons. The van der Waals surface area contributed by atoms with Gasteiger partial charge in [-0.2, -0.15) is 0 Å². The lowest BCUT2D eigenvalue weighted by molar-refractivity contribution is -0.150. The molecule has 15 heteroatoms. The van der Waals surface area contributed by atoms with Crippen molar-refractivity contribution in [2.45, 2.75) is 24.5 Å². The third-order valence-electron chi connectivity index (χ3n) is 7.12. The van der Waals surface area contributed by atoms with Crippen LogP contribution in [0.15, 0.2) is 35.8 Å². The number of aromatic nitrogens is 4. The lowest BCUT2D eigenvalue weighted by atomic mass is 10.1. The minimum Gasteiger partial charge on any atom is -0.387 e. The summed E-state index contributed by atoms with van der Waals surface area (Å²) in [7, 11) is 0. The monoisotopic (exact) mass is 535 g/mol. The van der Waals surface area contributed by atoms with Crippen LogP contribution in [0, 0.1) is 0 Å². The number of anilines is 2. The number of carbonyl (C=O) groups is 3. The number of ether oxygens (including phenoxy) is 1. The number of aliphatic imine (C=N–C) groups is 1. The van der Waals surface area contributed by atoms with Crippen molar-refractivity contribution in [3.05, 3.63) is 42.0 Å². The first-order chi connectivity index (χ1) is 18.8. The number of piperazine rings is 1. The number of hydrogen-bond donors (Lipinski definition) is 4. The van der Waals surface area contributed by atoms with Crippen LogP contribution < -0.4 is 11.1 Å². The molecule has 2 aromatic heterocycles. The van der Waals surface area contributed by atoms with Crippen LogP contribution in [-0.4, -0.2) is 115 Å². The lowest BCUT2D eigenvalue weighted by Gasteiger charge is -2.35. The lowest BCUT2D eigenvalue weighted by Crippen LogP contribution is -2.54. The van der Waals surface area contributed by atoms with Crippen LogP contribution >= 0.6 is 0 Å². The maximum Gasteiger partial charge on any atom is 0.277 e. The van der Waals surface area contributed by atoms with Crippen LogP contribution in [0.5, 0.6) is 0 Å². The summed E-state index contributed by atoms with van der Waals surface area (Å²) in [5, 5.41) is 24.1. The molecule has 202 valence electrons. The second-order valence-electron chi connectivity index (χ2n) is 9.49. The van der Waals surface area contributed by atoms with Gasteiger partial charge in [0.1, 0.15) is 24.1 Å². The normalized spacial score (nSPS) is 24.9. The molecule has 0 unspecified atom stereocenters. The number of hydrogen-bond acceptors (Lipinski definition) is 11. The van der Waals surface area contributed by atoms with E-state index >= 15 is 0 Å². The van der Waals surface area contributed by atoms with E-state index in [1.54, 1.807) is 18.2 Å². The summed E-state index contributed by atoms with van der Waals surface area (Å²) in [4.78, 5) is 57.0. The number of nitrogens with zero attached hydrogens (tertiary/aromatic N) is 7. The molecular weight excluding hydrogens is 510 g/mol. The predicted octanol–water partition coefficient (Wildman–Crippen LogP) is -1.62. The van der Waals surface area contributed by atoms with E-state index in [4.69, 9.17) is 10.5 Å². The molecule has 0 aliphatic carbocycles. The number of carbonyl (C=O) groups excluding carboxylic acids is 3. The number of amides is 3. The topological polar surface area (TPSA) is 201 Å². The average molecular weight is 536 g/mol. The zero-order chi connectivity index (χ0) is 27.3. The first kappa shape index (κ1) is 25.0. The smallest absolute Gasteiger partial charge is 0.277 e. The van der Waals surface area contributed by atoms with Gasteiger partial charge in [0.05, 0.1) is 24.1 Å². The highest BCUT2D eigenvalue weighted by Gasteiger charge is 2.49. The summed E-state index contributed by atoms with van der Waals surface area (Å²) in [5.74, 6) is -0.902. The van der Waals surface area contributed by atoms with Crippen LogP contribution in [0.25, 0.3) is 11.2 Å². The summed E-state index contributed by atoms with van der Waals surface area (Å²) in [6.45, 7) is 1.54. The van der Waals surface area contributed by atoms with E-state index in [2.05, 4.69) is 25.3 Å². The largest absolute Gasteiger partial charge is 0.387 e. The third kappa shape index (κ3) is 4.40. The van der Waals surface area contributed by atoms with Crippen molar-refractivity contribution in [2.75, 3.05) is 43.8 Å². The number of nitrogens with two attached hydrogens (primary N) is 1. The van der Waals surface area contributed by atoms with Crippen molar-refractivity contribution in [1.82, 2.24) is 29.3 Å². The quantitative estimate of drug-likeness (QED) is 0.293. The number of aliphatic hydroxyl groups is 2. The van der Waals surface area contributed by atoms with E-state index in [-0.39, 0.29) is 24.2 Å². The molecule has 0 saturated carbocycles. The minimum absolute atomic E-state index is 0.0961. The van der Waals surface area contributed by atoms with Gasteiger partial charge in [-0.3, -0.25) is 23.9 Å². The molecule has 3 aliphatic heterocycles. The summed E-state index contributed by atoms with van der Waals surface area (Å²) in [6.07, 6.45) is -1.21. The fourth-order valence-electron chi connectivity index (χ4n) is 5.04. The number of benzene rings is 1. The van der Waals surface area contributed by atoms with Crippen molar-refractivity contribution in [3.8, 4) is 0 Å². The number of nitrogen functional groups attached to an aromatic ring is 1. The van der Waals surface area contributed by atoms with Gasteiger partial charge in [-0.15, -0.1) is 0 Å². The molecule has 3 aromatic rings. The Morgan fingerprint density at radius 1 is 1.10 bits per heavy atom. The van der Waals surface area contributed by atoms with Gasteiger partial charge >= 0.3 is 0 Å². The molecule has 6 rings (SSSR count). The van der Waals surface area contributed by atoms with Crippen molar-refractivity contribution in [3.63, 3.8) is 0 Å². The Morgan fingerprint density at radius 3 is 2.69 bits per heavy atom. The van der Waals surface area contributed by atoms with Crippen molar-refractivity contribution >= 4 is 46.6 Å². The molecule has 0 bridgehead atoms. The average Bonchev–Trinajstić information content (AvgIpc) is 3.61. The number of nitrogens with one attached hydrogen (secondary N) is 1. The highest BCUT2D eigenvalue weighted by atomic mass is 16.6. The van der Waals surface area contributed by atoms with Crippen LogP contribution in [0.2, 0.25) is 0 Å². The Labute approximate surface area is 220 Å². The zero-order valence-electron chi connectivity index (χ0n) is 20.5. The standard InChI is InChI=1S/C24H25N9O6/c25-20-16-21(28-10-27-20)33(11-29-16)24-18(36)17(35)19(39-24)23(38)32-6-4-31(5-7-32)9-15(34)30-14-3-1-2-12-13(14)8-26-22(12)37/h1-3,8,10-11,17-19,24,35-36H,4-7,9H2,(H,30,34)(H2,25,27,28)/t17-,18+,19-,24+/m0/s1. The molecule has 15 nitrogen and oxygen atoms in total. The van der Waals surface area contributed by atoms with Crippen LogP contribution in [-0.2, 0) is 14.3 Å². The molecule has 3 aliphatic rings. The van der Waals surface area contributed by atoms with Crippen molar-refractivity contribution < 1.29 is 29.3 Å². The Bertz CT molecular complexity index is 1500. The fourth-order valence-corrected chi connectivity index (χ4v) is 5.04. The highest BCUT2D eigenvalue weighted by molar-refractivity contribution is 6.16. The Hall–Kier alpha value is -4.31. The first-order valence-electron chi connectivity index (χ1n) is 12.3. The van der Waals surface area contributed by atoms with Crippen LogP contribution in [0.3, 0.4) is 0 Å². The van der Waals surface area contributed by atoms with E-state index in [9.17, 15) is 24.6 Å². The van der Waals surface area contributed by atoms with E-state index in [1.807, 2.05) is 4.90 Å². The molecule has 5 N–H and O–H groups in total. The maximum atomic E-state index is 13.2. The minimum atomic E-state index is -1.47. The summed E-state index contributed by atoms with van der Waals surface area (Å²) in [6, 6.07) is 5.05. The molecule has 2 fully saturated rings. The van der Waals surface area contributed by atoms with Gasteiger partial charge in [-0.05, 0) is 12.1 Å². The third-order valence-corrected chi connectivity index (χ3v) is 7.12. The molecule has 39 heavy (non-hydrogen) atoms. The summed E-state index contributed by atoms with van der Waals surface area (Å²) < 4.78 is 7.23. The van der Waals surface area contributed by atoms with E-state index < -0.39 is 30.4 Å². The first-order valence-corrected chi connectivity index (χ1v) is 12.3. The summed E-state index contributed by atoms with van der Waals surface area (Å²) in [5.41, 5.74) is 7.99. The zero-order valence-corrected chi connectivity index (χ0v) is 20.5. The predicted molar refractivity (Wildman–Crippen MR) is 136 cm³/mol. The van der Waals surface area contributed by atoms with Gasteiger partial charge < -0.3 is 30.9 Å². The van der Waals surface area contributed by atoms with Gasteiger partial charge in [0.2, 0.25) is 5.91 Å².